The highest BCUT2D eigenvalue weighted by atomic mass is 16.5. The molecule has 4 rings (SSSR count). The molecule has 1 aliphatic heterocycles. The van der Waals surface area contributed by atoms with E-state index in [9.17, 15) is 14.7 Å². The number of carbonyl (C=O) groups is 2. The van der Waals surface area contributed by atoms with E-state index in [-0.39, 0.29) is 11.3 Å². The van der Waals surface area contributed by atoms with Crippen LogP contribution in [0.25, 0.3) is 5.76 Å². The number of benzene rings is 2. The van der Waals surface area contributed by atoms with Gasteiger partial charge in [0.2, 0.25) is 0 Å². The number of hydrogen-bond acceptors (Lipinski definition) is 6. The van der Waals surface area contributed by atoms with Crippen LogP contribution in [0.1, 0.15) is 55.0 Å². The van der Waals surface area contributed by atoms with Crippen LogP contribution in [-0.4, -0.2) is 67.0 Å². The Morgan fingerprint density at radius 2 is 1.67 bits per heavy atom. The van der Waals surface area contributed by atoms with Gasteiger partial charge in [-0.3, -0.25) is 9.59 Å². The maximum Gasteiger partial charge on any atom is 0.295 e. The van der Waals surface area contributed by atoms with Crippen LogP contribution in [0, 0.1) is 0 Å². The summed E-state index contributed by atoms with van der Waals surface area (Å²) in [6, 6.07) is 10.6. The first-order valence-electron chi connectivity index (χ1n) is 12.8. The molecule has 2 aromatic rings. The smallest absolute Gasteiger partial charge is 0.295 e. The second-order valence-corrected chi connectivity index (χ2v) is 9.56. The van der Waals surface area contributed by atoms with Crippen molar-refractivity contribution in [1.29, 1.82) is 0 Å². The van der Waals surface area contributed by atoms with Gasteiger partial charge in [-0.05, 0) is 88.5 Å². The van der Waals surface area contributed by atoms with Crippen molar-refractivity contribution >= 4 is 17.4 Å². The van der Waals surface area contributed by atoms with Crippen molar-refractivity contribution < 1.29 is 24.2 Å². The fourth-order valence-electron chi connectivity index (χ4n) is 5.04. The molecule has 2 aromatic carbocycles. The third-order valence-electron chi connectivity index (χ3n) is 6.83. The molecule has 1 saturated heterocycles. The number of aliphatic hydroxyl groups excluding tert-OH is 1. The number of ether oxygens (including phenoxy) is 2. The molecule has 7 heteroatoms. The zero-order chi connectivity index (χ0) is 25.8. The molecule has 1 heterocycles. The van der Waals surface area contributed by atoms with Gasteiger partial charge in [0.1, 0.15) is 5.76 Å². The van der Waals surface area contributed by atoms with Crippen LogP contribution in [0.3, 0.4) is 0 Å². The minimum atomic E-state index is -0.726. The first kappa shape index (κ1) is 25.8. The lowest BCUT2D eigenvalue weighted by molar-refractivity contribution is -0.140. The molecule has 36 heavy (non-hydrogen) atoms. The topological polar surface area (TPSA) is 79.3 Å². The summed E-state index contributed by atoms with van der Waals surface area (Å²) in [5.41, 5.74) is 3.86. The fraction of sp³-hybridized carbons (Fsp3) is 0.448. The van der Waals surface area contributed by atoms with E-state index in [0.717, 1.165) is 25.7 Å². The minimum Gasteiger partial charge on any atom is -0.507 e. The van der Waals surface area contributed by atoms with Crippen molar-refractivity contribution in [2.45, 2.75) is 45.6 Å². The lowest BCUT2D eigenvalue weighted by Crippen LogP contribution is -2.35. The van der Waals surface area contributed by atoms with Gasteiger partial charge in [-0.2, -0.15) is 0 Å². The van der Waals surface area contributed by atoms with E-state index in [1.54, 1.807) is 11.0 Å². The van der Waals surface area contributed by atoms with Gasteiger partial charge in [0.05, 0.1) is 24.8 Å². The van der Waals surface area contributed by atoms with Crippen LogP contribution in [0.15, 0.2) is 42.0 Å². The molecule has 1 unspecified atom stereocenters. The minimum absolute atomic E-state index is 0.112. The van der Waals surface area contributed by atoms with Gasteiger partial charge in [-0.15, -0.1) is 0 Å². The van der Waals surface area contributed by atoms with E-state index >= 15 is 0 Å². The maximum absolute atomic E-state index is 13.3. The number of ketones is 1. The van der Waals surface area contributed by atoms with Crippen molar-refractivity contribution in [2.75, 3.05) is 40.4 Å². The van der Waals surface area contributed by atoms with E-state index in [1.165, 1.54) is 11.1 Å². The van der Waals surface area contributed by atoms with Crippen molar-refractivity contribution in [3.05, 3.63) is 64.2 Å². The Bertz CT molecular complexity index is 1170. The third kappa shape index (κ3) is 5.12. The predicted octanol–water partition coefficient (Wildman–Crippen LogP) is 4.35. The summed E-state index contributed by atoms with van der Waals surface area (Å²) in [4.78, 5) is 30.1. The molecular weight excluding hydrogens is 456 g/mol. The van der Waals surface area contributed by atoms with Crippen molar-refractivity contribution in [1.82, 2.24) is 9.80 Å². The highest BCUT2D eigenvalue weighted by Crippen LogP contribution is 2.42. The van der Waals surface area contributed by atoms with E-state index in [1.807, 2.05) is 63.2 Å². The molecule has 1 aliphatic carbocycles. The number of nitrogens with zero attached hydrogens (tertiary/aromatic N) is 2. The van der Waals surface area contributed by atoms with Crippen molar-refractivity contribution in [3.63, 3.8) is 0 Å². The molecule has 0 radical (unpaired) electrons. The highest BCUT2D eigenvalue weighted by Gasteiger charge is 2.46. The summed E-state index contributed by atoms with van der Waals surface area (Å²) in [6.07, 6.45) is 4.25. The molecule has 192 valence electrons. The Morgan fingerprint density at radius 1 is 0.972 bits per heavy atom. The van der Waals surface area contributed by atoms with Crippen LogP contribution < -0.4 is 9.47 Å². The number of hydrogen-bond donors (Lipinski definition) is 1. The van der Waals surface area contributed by atoms with Crippen LogP contribution in [0.2, 0.25) is 0 Å². The third-order valence-corrected chi connectivity index (χ3v) is 6.83. The fourth-order valence-corrected chi connectivity index (χ4v) is 5.04. The molecule has 0 saturated carbocycles. The highest BCUT2D eigenvalue weighted by molar-refractivity contribution is 6.46. The lowest BCUT2D eigenvalue weighted by atomic mass is 9.88. The van der Waals surface area contributed by atoms with Gasteiger partial charge in [0.15, 0.2) is 11.5 Å². The quantitative estimate of drug-likeness (QED) is 0.319. The molecular formula is C29H36N2O5. The van der Waals surface area contributed by atoms with Gasteiger partial charge in [0.25, 0.3) is 11.7 Å². The largest absolute Gasteiger partial charge is 0.507 e. The zero-order valence-electron chi connectivity index (χ0n) is 21.7. The summed E-state index contributed by atoms with van der Waals surface area (Å²) in [5.74, 6) is -0.258. The number of likely N-dealkylation sites (N-methyl/N-ethyl adjacent to an activating group) is 1. The Hall–Kier alpha value is -3.32. The molecule has 0 spiro atoms. The average molecular weight is 493 g/mol. The van der Waals surface area contributed by atoms with E-state index in [4.69, 9.17) is 9.47 Å². The second kappa shape index (κ2) is 11.2. The Kier molecular flexibility index (Phi) is 7.99. The number of amides is 1. The van der Waals surface area contributed by atoms with E-state index < -0.39 is 17.7 Å². The summed E-state index contributed by atoms with van der Waals surface area (Å²) in [5, 5.41) is 11.5. The maximum atomic E-state index is 13.3. The second-order valence-electron chi connectivity index (χ2n) is 9.56. The summed E-state index contributed by atoms with van der Waals surface area (Å²) < 4.78 is 11.5. The number of rotatable bonds is 9. The van der Waals surface area contributed by atoms with Crippen LogP contribution in [0.5, 0.6) is 11.5 Å². The molecule has 2 aliphatic rings. The summed E-state index contributed by atoms with van der Waals surface area (Å²) >= 11 is 0. The van der Waals surface area contributed by atoms with Gasteiger partial charge in [-0.25, -0.2) is 0 Å². The Labute approximate surface area is 213 Å². The number of fused-ring (bicyclic) bond motifs is 1. The van der Waals surface area contributed by atoms with E-state index in [2.05, 4.69) is 0 Å². The molecule has 1 N–H and O–H groups in total. The van der Waals surface area contributed by atoms with Gasteiger partial charge in [0, 0.05) is 18.7 Å². The molecule has 0 aromatic heterocycles. The molecule has 7 nitrogen and oxygen atoms in total. The number of aliphatic hydroxyl groups is 1. The number of carbonyl (C=O) groups excluding carboxylic acids is 2. The lowest BCUT2D eigenvalue weighted by Gasteiger charge is -2.27. The molecule has 0 bridgehead atoms. The molecule has 1 fully saturated rings. The van der Waals surface area contributed by atoms with Gasteiger partial charge in [-0.1, -0.05) is 18.2 Å². The number of likely N-dealkylation sites (tertiary alicyclic amines) is 1. The summed E-state index contributed by atoms with van der Waals surface area (Å²) in [7, 11) is 3.84. The van der Waals surface area contributed by atoms with E-state index in [0.29, 0.717) is 48.9 Å². The van der Waals surface area contributed by atoms with Crippen molar-refractivity contribution in [2.24, 2.45) is 0 Å². The summed E-state index contributed by atoms with van der Waals surface area (Å²) in [6.45, 7) is 5.65. The number of Topliss-reactive ketones (excluding diaryl/α,β-unsaturated/α-hetero) is 1. The monoisotopic (exact) mass is 492 g/mol. The predicted molar refractivity (Wildman–Crippen MR) is 139 cm³/mol. The average Bonchev–Trinajstić information content (AvgIpc) is 3.13. The Balaban J connectivity index is 1.84. The van der Waals surface area contributed by atoms with Crippen LogP contribution in [-0.2, 0) is 22.4 Å². The first-order valence-corrected chi connectivity index (χ1v) is 12.8. The van der Waals surface area contributed by atoms with Crippen LogP contribution in [0.4, 0.5) is 0 Å². The number of aryl methyl sites for hydroxylation is 2. The SMILES string of the molecule is CCOc1ccc(C2/C(=C(\O)c3ccc4c(c3)CCCC4)C(=O)C(=O)N2CCN(C)C)cc1OCC. The standard InChI is InChI=1S/C29H36N2O5/c1-5-35-23-14-13-21(18-24(23)36-6-2)26-25(28(33)29(34)31(26)16-15-30(3)4)27(32)22-12-11-19-9-7-8-10-20(19)17-22/h11-14,17-18,26,32H,5-10,15-16H2,1-4H3/b27-25+. The zero-order valence-corrected chi connectivity index (χ0v) is 21.7. The van der Waals surface area contributed by atoms with Crippen LogP contribution >= 0.6 is 0 Å². The first-order chi connectivity index (χ1) is 17.3. The Morgan fingerprint density at radius 3 is 2.36 bits per heavy atom. The van der Waals surface area contributed by atoms with Crippen molar-refractivity contribution in [3.8, 4) is 11.5 Å². The molecule has 1 amide bonds. The molecule has 1 atom stereocenters. The normalized spacial score (nSPS) is 19.0. The van der Waals surface area contributed by atoms with Gasteiger partial charge >= 0.3 is 0 Å². The van der Waals surface area contributed by atoms with Gasteiger partial charge < -0.3 is 24.4 Å².